The summed E-state index contributed by atoms with van der Waals surface area (Å²) in [5.74, 6) is 0.629. The number of allylic oxidation sites excluding steroid dienone is 1. The topological polar surface area (TPSA) is 42.9 Å². The molecule has 3 fully saturated rings. The lowest BCUT2D eigenvalue weighted by atomic mass is 10.0. The number of alkyl halides is 2. The smallest absolute Gasteiger partial charge is 0.251 e. The fraction of sp³-hybridized carbons (Fsp3) is 0.500. The Bertz CT molecular complexity index is 1130. The van der Waals surface area contributed by atoms with Crippen molar-refractivity contribution in [2.45, 2.75) is 25.7 Å². The number of benzene rings is 1. The first-order valence-corrected chi connectivity index (χ1v) is 13.1. The summed E-state index contributed by atoms with van der Waals surface area (Å²) in [4.78, 5) is 25.6. The first kappa shape index (κ1) is 23.4. The molecule has 6 rings (SSSR count). The molecule has 3 heterocycles. The molecule has 1 amide bonds. The maximum atomic E-state index is 12.7. The van der Waals surface area contributed by atoms with Gasteiger partial charge in [0.1, 0.15) is 0 Å². The van der Waals surface area contributed by atoms with Crippen LogP contribution in [0.4, 0.5) is 20.2 Å². The first-order chi connectivity index (χ1) is 17.5. The highest BCUT2D eigenvalue weighted by Gasteiger charge is 2.35. The van der Waals surface area contributed by atoms with Gasteiger partial charge < -0.3 is 14.7 Å². The number of hydrogen-bond donors (Lipinski definition) is 0. The third-order valence-electron chi connectivity index (χ3n) is 7.96. The van der Waals surface area contributed by atoms with Gasteiger partial charge in [-0.25, -0.2) is 8.78 Å². The summed E-state index contributed by atoms with van der Waals surface area (Å²) in [6, 6.07) is 10.7. The lowest BCUT2D eigenvalue weighted by molar-refractivity contribution is -0.132. The Hall–Kier alpha value is -3.00. The van der Waals surface area contributed by atoms with Crippen LogP contribution in [-0.2, 0) is 11.2 Å². The number of fused-ring (bicyclic) bond motifs is 1. The van der Waals surface area contributed by atoms with Crippen molar-refractivity contribution in [3.05, 3.63) is 53.3 Å². The van der Waals surface area contributed by atoms with E-state index in [-0.39, 0.29) is 12.5 Å². The number of pyridine rings is 1. The van der Waals surface area contributed by atoms with E-state index in [1.54, 1.807) is 0 Å². The predicted octanol–water partition coefficient (Wildman–Crippen LogP) is 3.62. The summed E-state index contributed by atoms with van der Waals surface area (Å²) in [6.07, 6.45) is 4.85. The molecule has 1 aromatic heterocycles. The zero-order valence-corrected chi connectivity index (χ0v) is 20.6. The maximum absolute atomic E-state index is 12.7. The first-order valence-electron chi connectivity index (χ1n) is 13.1. The Morgan fingerprint density at radius 3 is 2.28 bits per heavy atom. The number of rotatable bonds is 6. The molecule has 2 saturated heterocycles. The van der Waals surface area contributed by atoms with E-state index in [1.165, 1.54) is 22.4 Å². The zero-order valence-electron chi connectivity index (χ0n) is 20.6. The van der Waals surface area contributed by atoms with Gasteiger partial charge in [0.15, 0.2) is 0 Å². The van der Waals surface area contributed by atoms with Crippen LogP contribution in [0.25, 0.3) is 11.6 Å². The number of nitrogens with zero attached hydrogens (tertiary/aromatic N) is 5. The number of aromatic nitrogens is 1. The molecule has 1 aromatic carbocycles. The molecule has 0 N–H and O–H groups in total. The summed E-state index contributed by atoms with van der Waals surface area (Å²) >= 11 is 0. The molecule has 0 radical (unpaired) electrons. The Balaban J connectivity index is 1.11. The van der Waals surface area contributed by atoms with Crippen LogP contribution in [0.5, 0.6) is 0 Å². The highest BCUT2D eigenvalue weighted by Crippen LogP contribution is 2.37. The van der Waals surface area contributed by atoms with Gasteiger partial charge in [-0.2, -0.15) is 0 Å². The van der Waals surface area contributed by atoms with E-state index in [1.807, 2.05) is 16.0 Å². The monoisotopic (exact) mass is 493 g/mol. The molecule has 2 aliphatic carbocycles. The highest BCUT2D eigenvalue weighted by molar-refractivity contribution is 5.92. The van der Waals surface area contributed by atoms with Crippen LogP contribution in [0.3, 0.4) is 0 Å². The van der Waals surface area contributed by atoms with E-state index in [9.17, 15) is 13.6 Å². The highest BCUT2D eigenvalue weighted by atomic mass is 19.3. The predicted molar refractivity (Wildman–Crippen MR) is 138 cm³/mol. The Labute approximate surface area is 211 Å². The lowest BCUT2D eigenvalue weighted by Crippen LogP contribution is -2.49. The summed E-state index contributed by atoms with van der Waals surface area (Å²) in [7, 11) is 0. The number of anilines is 2. The van der Waals surface area contributed by atoms with Crippen LogP contribution in [-0.4, -0.2) is 86.0 Å². The van der Waals surface area contributed by atoms with Crippen LogP contribution >= 0.6 is 0 Å². The summed E-state index contributed by atoms with van der Waals surface area (Å²) in [5.41, 5.74) is 7.13. The van der Waals surface area contributed by atoms with Crippen molar-refractivity contribution in [1.29, 1.82) is 0 Å². The van der Waals surface area contributed by atoms with Crippen molar-refractivity contribution < 1.29 is 13.6 Å². The van der Waals surface area contributed by atoms with Crippen molar-refractivity contribution in [3.63, 3.8) is 0 Å². The van der Waals surface area contributed by atoms with E-state index in [2.05, 4.69) is 51.2 Å². The third-order valence-corrected chi connectivity index (χ3v) is 7.96. The summed E-state index contributed by atoms with van der Waals surface area (Å²) in [5, 5.41) is 0. The van der Waals surface area contributed by atoms with Gasteiger partial charge in [-0.05, 0) is 48.3 Å². The average Bonchev–Trinajstić information content (AvgIpc) is 3.66. The second-order valence-corrected chi connectivity index (χ2v) is 10.3. The molecule has 0 spiro atoms. The second kappa shape index (κ2) is 9.81. The maximum Gasteiger partial charge on any atom is 0.251 e. The van der Waals surface area contributed by atoms with Gasteiger partial charge in [0.2, 0.25) is 5.91 Å². The number of piperazine rings is 2. The van der Waals surface area contributed by atoms with Gasteiger partial charge in [0, 0.05) is 87.8 Å². The number of amides is 1. The van der Waals surface area contributed by atoms with Crippen LogP contribution in [0.15, 0.2) is 36.5 Å². The number of carbonyl (C=O) groups excluding carboxylic acids is 1. The molecule has 36 heavy (non-hydrogen) atoms. The van der Waals surface area contributed by atoms with Crippen LogP contribution in [0.2, 0.25) is 0 Å². The van der Waals surface area contributed by atoms with Crippen molar-refractivity contribution >= 4 is 28.9 Å². The van der Waals surface area contributed by atoms with E-state index in [0.717, 1.165) is 69.9 Å². The molecule has 190 valence electrons. The fourth-order valence-corrected chi connectivity index (χ4v) is 5.70. The van der Waals surface area contributed by atoms with E-state index < -0.39 is 6.43 Å². The van der Waals surface area contributed by atoms with E-state index >= 15 is 0 Å². The van der Waals surface area contributed by atoms with Gasteiger partial charge >= 0.3 is 0 Å². The molecule has 0 unspecified atom stereocenters. The normalized spacial score (nSPS) is 20.6. The second-order valence-electron chi connectivity index (χ2n) is 10.3. The standard InChI is InChI=1S/C28H33F2N5O/c29-27(30)19-32-9-11-33(12-10-32)23-5-3-20(4-6-23)22-17-24-25(18-22)31-8-7-26(24)34-13-15-35(16-14-34)28(36)21-1-2-21/h3-8,17,21,27H,1-2,9-16,18-19H2. The molecular formula is C28H33F2N5O. The minimum atomic E-state index is -2.27. The molecular weight excluding hydrogens is 460 g/mol. The zero-order chi connectivity index (χ0) is 24.6. The van der Waals surface area contributed by atoms with Crippen LogP contribution in [0.1, 0.15) is 29.7 Å². The Morgan fingerprint density at radius 2 is 1.61 bits per heavy atom. The van der Waals surface area contributed by atoms with E-state index in [4.69, 9.17) is 0 Å². The fourth-order valence-electron chi connectivity index (χ4n) is 5.70. The van der Waals surface area contributed by atoms with Gasteiger partial charge in [0.25, 0.3) is 6.43 Å². The minimum Gasteiger partial charge on any atom is -0.369 e. The SMILES string of the molecule is O=C(C1CC1)N1CCN(c2ccnc3c2C=C(c2ccc(N4CCN(CC(F)F)CC4)cc2)C3)CC1. The minimum absolute atomic E-state index is 0.133. The van der Waals surface area contributed by atoms with Crippen molar-refractivity contribution in [1.82, 2.24) is 14.8 Å². The largest absolute Gasteiger partial charge is 0.369 e. The molecule has 6 nitrogen and oxygen atoms in total. The van der Waals surface area contributed by atoms with Crippen LogP contribution in [0, 0.1) is 5.92 Å². The van der Waals surface area contributed by atoms with Crippen LogP contribution < -0.4 is 9.80 Å². The molecule has 2 aromatic rings. The molecule has 1 saturated carbocycles. The van der Waals surface area contributed by atoms with Crippen molar-refractivity contribution in [3.8, 4) is 0 Å². The Kier molecular flexibility index (Phi) is 6.37. The number of carbonyl (C=O) groups is 1. The lowest BCUT2D eigenvalue weighted by Gasteiger charge is -2.37. The van der Waals surface area contributed by atoms with Gasteiger partial charge in [-0.15, -0.1) is 0 Å². The quantitative estimate of drug-likeness (QED) is 0.615. The molecule has 8 heteroatoms. The van der Waals surface area contributed by atoms with Gasteiger partial charge in [-0.1, -0.05) is 12.1 Å². The van der Waals surface area contributed by atoms with Crippen molar-refractivity contribution in [2.24, 2.45) is 5.92 Å². The van der Waals surface area contributed by atoms with E-state index in [0.29, 0.717) is 19.0 Å². The molecule has 4 aliphatic rings. The average molecular weight is 494 g/mol. The van der Waals surface area contributed by atoms with Gasteiger partial charge in [-0.3, -0.25) is 14.7 Å². The number of halogens is 2. The summed E-state index contributed by atoms with van der Waals surface area (Å²) in [6.45, 7) is 6.05. The summed E-state index contributed by atoms with van der Waals surface area (Å²) < 4.78 is 25.3. The third kappa shape index (κ3) is 4.83. The van der Waals surface area contributed by atoms with Crippen molar-refractivity contribution in [2.75, 3.05) is 68.7 Å². The Morgan fingerprint density at radius 1 is 0.917 bits per heavy atom. The molecule has 0 atom stereocenters. The van der Waals surface area contributed by atoms with Gasteiger partial charge in [0.05, 0.1) is 12.2 Å². The molecule has 2 aliphatic heterocycles. The number of hydrogen-bond acceptors (Lipinski definition) is 5. The molecule has 0 bridgehead atoms.